The van der Waals surface area contributed by atoms with Crippen LogP contribution in [0.5, 0.6) is 0 Å². The van der Waals surface area contributed by atoms with E-state index in [9.17, 15) is 4.79 Å². The van der Waals surface area contributed by atoms with E-state index in [-0.39, 0.29) is 12.1 Å². The van der Waals surface area contributed by atoms with Crippen molar-refractivity contribution in [2.75, 3.05) is 0 Å². The molecule has 2 saturated carbocycles. The van der Waals surface area contributed by atoms with Crippen LogP contribution >= 0.6 is 0 Å². The summed E-state index contributed by atoms with van der Waals surface area (Å²) in [5.74, 6) is 3.45. The number of esters is 1. The van der Waals surface area contributed by atoms with Gasteiger partial charge in [0.25, 0.3) is 0 Å². The maximum absolute atomic E-state index is 10.9. The Hall–Kier alpha value is -0.530. The number of hydrogen-bond donors (Lipinski definition) is 0. The average Bonchev–Trinajstić information content (AvgIpc) is 2.71. The van der Waals surface area contributed by atoms with Gasteiger partial charge in [-0.2, -0.15) is 0 Å². The lowest BCUT2D eigenvalue weighted by atomic mass is 9.88. The molecule has 2 rings (SSSR count). The van der Waals surface area contributed by atoms with E-state index in [1.54, 1.807) is 0 Å². The molecule has 2 aliphatic carbocycles. The zero-order chi connectivity index (χ0) is 11.7. The summed E-state index contributed by atoms with van der Waals surface area (Å²) < 4.78 is 5.26. The molecule has 2 fully saturated rings. The van der Waals surface area contributed by atoms with Crippen LogP contribution in [0.4, 0.5) is 0 Å². The highest BCUT2D eigenvalue weighted by molar-refractivity contribution is 5.66. The van der Waals surface area contributed by atoms with Gasteiger partial charge in [0.1, 0.15) is 0 Å². The molecular weight excluding hydrogens is 200 g/mol. The van der Waals surface area contributed by atoms with Crippen LogP contribution in [-0.2, 0) is 9.53 Å². The molecule has 2 nitrogen and oxygen atoms in total. The second-order valence-corrected chi connectivity index (χ2v) is 5.89. The van der Waals surface area contributed by atoms with E-state index < -0.39 is 0 Å². The smallest absolute Gasteiger partial charge is 0.302 e. The molecule has 0 bridgehead atoms. The molecule has 92 valence electrons. The van der Waals surface area contributed by atoms with Crippen molar-refractivity contribution < 1.29 is 9.53 Å². The first-order chi connectivity index (χ1) is 7.58. The molecule has 0 heterocycles. The predicted molar refractivity (Wildman–Crippen MR) is 63.9 cm³/mol. The molecule has 0 aromatic carbocycles. The molecule has 0 spiro atoms. The maximum atomic E-state index is 10.9. The average molecular weight is 224 g/mol. The number of carbonyl (C=O) groups excluding carboxylic acids is 1. The molecule has 2 aliphatic rings. The second kappa shape index (κ2) is 4.77. The van der Waals surface area contributed by atoms with E-state index in [1.807, 2.05) is 6.92 Å². The summed E-state index contributed by atoms with van der Waals surface area (Å²) in [6, 6.07) is 0. The Morgan fingerprint density at radius 1 is 1.38 bits per heavy atom. The van der Waals surface area contributed by atoms with E-state index in [0.717, 1.165) is 30.1 Å². The molecule has 16 heavy (non-hydrogen) atoms. The third-order valence-electron chi connectivity index (χ3n) is 4.64. The van der Waals surface area contributed by atoms with Gasteiger partial charge in [0.2, 0.25) is 0 Å². The molecule has 5 atom stereocenters. The molecule has 0 aromatic heterocycles. The second-order valence-electron chi connectivity index (χ2n) is 5.89. The summed E-state index contributed by atoms with van der Waals surface area (Å²) in [7, 11) is 0. The van der Waals surface area contributed by atoms with Crippen LogP contribution < -0.4 is 0 Å². The topological polar surface area (TPSA) is 26.3 Å². The molecule has 0 aliphatic heterocycles. The molecule has 2 heteroatoms. The van der Waals surface area contributed by atoms with Crippen molar-refractivity contribution in [3.05, 3.63) is 0 Å². The third-order valence-corrected chi connectivity index (χ3v) is 4.64. The van der Waals surface area contributed by atoms with Gasteiger partial charge in [-0.3, -0.25) is 4.79 Å². The summed E-state index contributed by atoms with van der Waals surface area (Å²) in [6.07, 6.45) is 6.79. The number of hydrogen-bond acceptors (Lipinski definition) is 2. The van der Waals surface area contributed by atoms with E-state index in [1.165, 1.54) is 32.6 Å². The highest BCUT2D eigenvalue weighted by Gasteiger charge is 2.43. The quantitative estimate of drug-likeness (QED) is 0.687. The first-order valence-corrected chi connectivity index (χ1v) is 6.75. The Balaban J connectivity index is 1.88. The van der Waals surface area contributed by atoms with Gasteiger partial charge in [-0.25, -0.2) is 0 Å². The zero-order valence-corrected chi connectivity index (χ0v) is 10.7. The third kappa shape index (κ3) is 2.41. The Morgan fingerprint density at radius 3 is 2.75 bits per heavy atom. The molecular formula is C14H24O2. The lowest BCUT2D eigenvalue weighted by Crippen LogP contribution is -2.19. The van der Waals surface area contributed by atoms with Gasteiger partial charge in [0.05, 0.1) is 6.10 Å². The first kappa shape index (κ1) is 11.9. The van der Waals surface area contributed by atoms with Crippen molar-refractivity contribution in [2.24, 2.45) is 23.7 Å². The number of rotatable bonds is 3. The maximum Gasteiger partial charge on any atom is 0.302 e. The van der Waals surface area contributed by atoms with Gasteiger partial charge < -0.3 is 4.74 Å². The highest BCUT2D eigenvalue weighted by atomic mass is 16.5. The first-order valence-electron chi connectivity index (χ1n) is 6.75. The normalized spacial score (nSPS) is 39.4. The van der Waals surface area contributed by atoms with E-state index in [4.69, 9.17) is 4.74 Å². The molecule has 5 unspecified atom stereocenters. The van der Waals surface area contributed by atoms with E-state index >= 15 is 0 Å². The lowest BCUT2D eigenvalue weighted by molar-refractivity contribution is -0.146. The summed E-state index contributed by atoms with van der Waals surface area (Å²) in [6.45, 7) is 5.94. The predicted octanol–water partition coefficient (Wildman–Crippen LogP) is 3.40. The molecule has 0 amide bonds. The van der Waals surface area contributed by atoms with Crippen LogP contribution in [-0.4, -0.2) is 12.1 Å². The van der Waals surface area contributed by atoms with Crippen molar-refractivity contribution in [1.29, 1.82) is 0 Å². The van der Waals surface area contributed by atoms with Crippen molar-refractivity contribution in [3.8, 4) is 0 Å². The van der Waals surface area contributed by atoms with Crippen LogP contribution in [0.25, 0.3) is 0 Å². The van der Waals surface area contributed by atoms with E-state index in [2.05, 4.69) is 6.92 Å². The minimum absolute atomic E-state index is 0.106. The summed E-state index contributed by atoms with van der Waals surface area (Å²) in [5.41, 5.74) is 0. The Labute approximate surface area is 98.7 Å². The lowest BCUT2D eigenvalue weighted by Gasteiger charge is -2.21. The van der Waals surface area contributed by atoms with Gasteiger partial charge in [0, 0.05) is 6.92 Å². The van der Waals surface area contributed by atoms with Crippen molar-refractivity contribution >= 4 is 5.97 Å². The molecule has 0 aromatic rings. The van der Waals surface area contributed by atoms with E-state index in [0.29, 0.717) is 0 Å². The number of ether oxygens (including phenoxy) is 1. The SMILES string of the molecule is CC(=O)OC(C)CC1CC(C)C2CCCC12. The van der Waals surface area contributed by atoms with Crippen LogP contribution in [0.2, 0.25) is 0 Å². The standard InChI is InChI=1S/C14H24O2/c1-9-7-12(8-10(2)16-11(3)15)14-6-4-5-13(9)14/h9-10,12-14H,4-8H2,1-3H3. The molecule has 0 radical (unpaired) electrons. The number of carbonyl (C=O) groups is 1. The van der Waals surface area contributed by atoms with Crippen LogP contribution in [0.1, 0.15) is 52.9 Å². The number of fused-ring (bicyclic) bond motifs is 1. The summed E-state index contributed by atoms with van der Waals surface area (Å²) in [4.78, 5) is 10.9. The fourth-order valence-corrected chi connectivity index (χ4v) is 4.17. The fourth-order valence-electron chi connectivity index (χ4n) is 4.17. The fraction of sp³-hybridized carbons (Fsp3) is 0.929. The monoisotopic (exact) mass is 224 g/mol. The zero-order valence-electron chi connectivity index (χ0n) is 10.7. The van der Waals surface area contributed by atoms with Gasteiger partial charge in [0.15, 0.2) is 0 Å². The van der Waals surface area contributed by atoms with Crippen LogP contribution in [0.3, 0.4) is 0 Å². The van der Waals surface area contributed by atoms with Crippen LogP contribution in [0, 0.1) is 23.7 Å². The van der Waals surface area contributed by atoms with Gasteiger partial charge >= 0.3 is 5.97 Å². The van der Waals surface area contributed by atoms with Gasteiger partial charge in [-0.05, 0) is 56.3 Å². The molecule has 0 saturated heterocycles. The minimum atomic E-state index is -0.137. The molecule has 0 N–H and O–H groups in total. The van der Waals surface area contributed by atoms with Gasteiger partial charge in [-0.15, -0.1) is 0 Å². The van der Waals surface area contributed by atoms with Gasteiger partial charge in [-0.1, -0.05) is 13.3 Å². The van der Waals surface area contributed by atoms with Crippen molar-refractivity contribution in [2.45, 2.75) is 59.0 Å². The summed E-state index contributed by atoms with van der Waals surface area (Å²) in [5, 5.41) is 0. The highest BCUT2D eigenvalue weighted by Crippen LogP contribution is 2.52. The van der Waals surface area contributed by atoms with Crippen molar-refractivity contribution in [1.82, 2.24) is 0 Å². The summed E-state index contributed by atoms with van der Waals surface area (Å²) >= 11 is 0. The Morgan fingerprint density at radius 2 is 2.06 bits per heavy atom. The Bertz CT molecular complexity index is 261. The Kier molecular flexibility index (Phi) is 3.56. The largest absolute Gasteiger partial charge is 0.463 e. The van der Waals surface area contributed by atoms with Crippen LogP contribution in [0.15, 0.2) is 0 Å². The van der Waals surface area contributed by atoms with Crippen molar-refractivity contribution in [3.63, 3.8) is 0 Å². The minimum Gasteiger partial charge on any atom is -0.463 e.